The van der Waals surface area contributed by atoms with E-state index in [0.29, 0.717) is 0 Å². The summed E-state index contributed by atoms with van der Waals surface area (Å²) in [6, 6.07) is 0. The first-order valence-corrected chi connectivity index (χ1v) is 3.72. The van der Waals surface area contributed by atoms with E-state index in [-0.39, 0.29) is 36.6 Å². The summed E-state index contributed by atoms with van der Waals surface area (Å²) >= 11 is 0. The van der Waals surface area contributed by atoms with Crippen LogP contribution in [0.3, 0.4) is 0 Å². The van der Waals surface area contributed by atoms with Crippen LogP contribution >= 0.6 is 0 Å². The zero-order valence-electron chi connectivity index (χ0n) is 7.29. The molecule has 0 aliphatic heterocycles. The topological polar surface area (TPSA) is 83.5 Å². The monoisotopic (exact) mass is 189 g/mol. The number of carbonyl (C=O) groups excluding carboxylic acids is 1. The third-order valence-corrected chi connectivity index (χ3v) is 1.05. The van der Waals surface area contributed by atoms with Gasteiger partial charge < -0.3 is 1.43 Å². The van der Waals surface area contributed by atoms with E-state index in [0.717, 1.165) is 0 Å². The van der Waals surface area contributed by atoms with Gasteiger partial charge in [0.15, 0.2) is 0 Å². The molecule has 0 unspecified atom stereocenters. The summed E-state index contributed by atoms with van der Waals surface area (Å²) in [7, 11) is -4.43. The number of hydrogen-bond acceptors (Lipinski definition) is 3. The van der Waals surface area contributed by atoms with Crippen LogP contribution in [0.1, 0.15) is 8.35 Å². The Kier molecular flexibility index (Phi) is 6.09. The van der Waals surface area contributed by atoms with Crippen LogP contribution in [-0.4, -0.2) is 18.9 Å². The summed E-state index contributed by atoms with van der Waals surface area (Å²) in [5.41, 5.74) is 0.0117. The second-order valence-corrected chi connectivity index (χ2v) is 2.84. The molecule has 2 N–H and O–H groups in total. The van der Waals surface area contributed by atoms with Crippen molar-refractivity contribution in [2.45, 2.75) is 6.92 Å². The molecule has 0 radical (unpaired) electrons. The minimum atomic E-state index is -4.43. The molecule has 0 spiro atoms. The minimum Gasteiger partial charge on any atom is -1.00 e. The van der Waals surface area contributed by atoms with Crippen LogP contribution in [0.4, 0.5) is 0 Å². The summed E-state index contributed by atoms with van der Waals surface area (Å²) in [6.45, 7) is 4.47. The van der Waals surface area contributed by atoms with Crippen molar-refractivity contribution in [1.82, 2.24) is 4.72 Å². The van der Waals surface area contributed by atoms with E-state index in [1.165, 1.54) is 11.6 Å². The maximum Gasteiger partial charge on any atom is 1.00 e. The van der Waals surface area contributed by atoms with E-state index in [4.69, 9.17) is 4.55 Å². The van der Waals surface area contributed by atoms with Crippen molar-refractivity contribution >= 4 is 16.2 Å². The maximum absolute atomic E-state index is 10.4. The van der Waals surface area contributed by atoms with Crippen molar-refractivity contribution < 1.29 is 48.7 Å². The van der Waals surface area contributed by atoms with Gasteiger partial charge in [0.25, 0.3) is 5.91 Å². The zero-order chi connectivity index (χ0) is 8.36. The summed E-state index contributed by atoms with van der Waals surface area (Å²) in [6.07, 6.45) is 0. The zero-order valence-corrected chi connectivity index (χ0v) is 9.10. The maximum atomic E-state index is 10.4. The van der Waals surface area contributed by atoms with Crippen molar-refractivity contribution in [3.63, 3.8) is 0 Å². The van der Waals surface area contributed by atoms with Gasteiger partial charge in [-0.3, -0.25) is 9.35 Å². The Hall–Kier alpha value is 0.120. The molecule has 0 heterocycles. The van der Waals surface area contributed by atoms with E-state index in [9.17, 15) is 13.2 Å². The first kappa shape index (κ1) is 13.7. The Labute approximate surface area is 88.5 Å². The van der Waals surface area contributed by atoms with Gasteiger partial charge in [-0.05, 0) is 6.92 Å². The summed E-state index contributed by atoms with van der Waals surface area (Å²) in [5, 5.41) is 0. The number of hydrogen-bond donors (Lipinski definition) is 2. The van der Waals surface area contributed by atoms with Crippen molar-refractivity contribution in [2.75, 3.05) is 0 Å². The molecule has 0 atom stereocenters. The fraction of sp³-hybridized carbons (Fsp3) is 0.250. The van der Waals surface area contributed by atoms with Crippen LogP contribution in [0.2, 0.25) is 0 Å². The molecule has 0 fully saturated rings. The molecule has 0 saturated carbocycles. The first-order valence-electron chi connectivity index (χ1n) is 2.28. The largest absolute Gasteiger partial charge is 1.00 e. The molecule has 0 aliphatic rings. The Morgan fingerprint density at radius 3 is 2.09 bits per heavy atom. The minimum absolute atomic E-state index is 0. The van der Waals surface area contributed by atoms with Gasteiger partial charge in [-0.1, -0.05) is 6.58 Å². The number of nitrogens with one attached hydrogen (secondary N) is 1. The summed E-state index contributed by atoms with van der Waals surface area (Å²) in [5.74, 6) is -0.914. The molecular formula is C4H8NNaO4S. The van der Waals surface area contributed by atoms with E-state index in [2.05, 4.69) is 6.58 Å². The van der Waals surface area contributed by atoms with Crippen LogP contribution in [0.25, 0.3) is 0 Å². The Morgan fingerprint density at radius 2 is 2.00 bits per heavy atom. The average molecular weight is 189 g/mol. The molecule has 1 amide bonds. The molecular weight excluding hydrogens is 181 g/mol. The van der Waals surface area contributed by atoms with Gasteiger partial charge in [0.2, 0.25) is 0 Å². The number of carbonyl (C=O) groups is 1. The normalized spacial score (nSPS) is 9.64. The summed E-state index contributed by atoms with van der Waals surface area (Å²) < 4.78 is 29.2. The van der Waals surface area contributed by atoms with Gasteiger partial charge in [0.05, 0.1) is 0 Å². The van der Waals surface area contributed by atoms with Crippen molar-refractivity contribution in [3.05, 3.63) is 12.2 Å². The third kappa shape index (κ3) is 8.02. The molecule has 0 aromatic rings. The Bertz CT molecular complexity index is 262. The van der Waals surface area contributed by atoms with Gasteiger partial charge in [0, 0.05) is 5.57 Å². The fourth-order valence-electron chi connectivity index (χ4n) is 0.204. The molecule has 0 aliphatic carbocycles. The fourth-order valence-corrected chi connectivity index (χ4v) is 0.613. The van der Waals surface area contributed by atoms with E-state index >= 15 is 0 Å². The molecule has 0 aromatic heterocycles. The van der Waals surface area contributed by atoms with Gasteiger partial charge in [-0.2, -0.15) is 8.42 Å². The van der Waals surface area contributed by atoms with E-state index in [1.54, 1.807) is 0 Å². The second kappa shape index (κ2) is 4.89. The standard InChI is InChI=1S/C4H7NO4S.Na.H/c1-3(2)4(6)5-10(7,8)9;;/h1H2,2H3,(H,5,6)(H,7,8,9);;/q;+1;-1. The number of rotatable bonds is 2. The van der Waals surface area contributed by atoms with Crippen LogP contribution in [0.5, 0.6) is 0 Å². The SMILES string of the molecule is C=C(C)C(=O)NS(=O)(=O)O.[H-].[Na+]. The molecule has 0 bridgehead atoms. The quantitative estimate of drug-likeness (QED) is 0.269. The molecule has 0 saturated heterocycles. The molecule has 11 heavy (non-hydrogen) atoms. The van der Waals surface area contributed by atoms with Gasteiger partial charge in [0.1, 0.15) is 0 Å². The molecule has 0 aromatic carbocycles. The predicted octanol–water partition coefficient (Wildman–Crippen LogP) is -3.40. The van der Waals surface area contributed by atoms with Gasteiger partial charge in [-0.25, -0.2) is 4.72 Å². The van der Waals surface area contributed by atoms with Crippen LogP contribution in [0.15, 0.2) is 12.2 Å². The molecule has 5 nitrogen and oxygen atoms in total. The number of amides is 1. The summed E-state index contributed by atoms with van der Waals surface area (Å²) in [4.78, 5) is 10.4. The van der Waals surface area contributed by atoms with E-state index in [1.807, 2.05) is 0 Å². The van der Waals surface area contributed by atoms with Crippen molar-refractivity contribution in [2.24, 2.45) is 0 Å². The Morgan fingerprint density at radius 1 is 1.64 bits per heavy atom. The third-order valence-electron chi connectivity index (χ3n) is 0.609. The average Bonchev–Trinajstić information content (AvgIpc) is 1.60. The van der Waals surface area contributed by atoms with Crippen LogP contribution < -0.4 is 34.3 Å². The van der Waals surface area contributed by atoms with Crippen LogP contribution in [0, 0.1) is 0 Å². The van der Waals surface area contributed by atoms with Crippen LogP contribution in [-0.2, 0) is 15.1 Å². The smallest absolute Gasteiger partial charge is 1.00 e. The second-order valence-electron chi connectivity index (χ2n) is 1.69. The Balaban J connectivity index is -0.000000405. The first-order chi connectivity index (χ1) is 4.33. The molecule has 7 heteroatoms. The van der Waals surface area contributed by atoms with Crippen molar-refractivity contribution in [1.29, 1.82) is 0 Å². The molecule has 0 rings (SSSR count). The van der Waals surface area contributed by atoms with E-state index < -0.39 is 16.2 Å². The van der Waals surface area contributed by atoms with Crippen molar-refractivity contribution in [3.8, 4) is 0 Å². The van der Waals surface area contributed by atoms with Gasteiger partial charge in [-0.15, -0.1) is 0 Å². The predicted molar refractivity (Wildman–Crippen MR) is 35.6 cm³/mol. The van der Waals surface area contributed by atoms with Gasteiger partial charge >= 0.3 is 39.9 Å². The molecule has 60 valence electrons.